The zero-order valence-corrected chi connectivity index (χ0v) is 24.7. The Kier molecular flexibility index (Phi) is 9.11. The molecule has 230 valence electrons. The molecule has 0 saturated carbocycles. The van der Waals surface area contributed by atoms with E-state index >= 15 is 0 Å². The van der Waals surface area contributed by atoms with Gasteiger partial charge in [-0.15, -0.1) is 0 Å². The molecule has 4 heterocycles. The van der Waals surface area contributed by atoms with Crippen LogP contribution in [0.1, 0.15) is 43.0 Å². The summed E-state index contributed by atoms with van der Waals surface area (Å²) in [5, 5.41) is 9.46. The fraction of sp³-hybridized carbons (Fsp3) is 0.548. The number of rotatable bonds is 8. The van der Waals surface area contributed by atoms with Crippen molar-refractivity contribution in [1.82, 2.24) is 19.8 Å². The molecule has 1 aromatic carbocycles. The summed E-state index contributed by atoms with van der Waals surface area (Å²) in [7, 11) is 2.11. The van der Waals surface area contributed by atoms with Gasteiger partial charge in [-0.2, -0.15) is 28.4 Å². The summed E-state index contributed by atoms with van der Waals surface area (Å²) in [6.45, 7) is 8.99. The standard InChI is InChI=1S/C31H38F3N7O2/c1-4-28(42)41-17-16-40(18-22(41)11-13-35)29-23-12-15-39(27-9-6-5-8-24(27)31(32,33)34)19-25(23)36-30(37-29)43-20-21(2)26-10-7-14-38(26)3/h4-6,8-9,21-22,26H,1,7,10-12,14-20H2,2-3H3/t21-,22?,26?/m1/s1. The van der Waals surface area contributed by atoms with Gasteiger partial charge in [-0.25, -0.2) is 0 Å². The minimum Gasteiger partial charge on any atom is -0.463 e. The highest BCUT2D eigenvalue weighted by Crippen LogP contribution is 2.39. The number of para-hydroxylation sites is 1. The molecule has 9 nitrogen and oxygen atoms in total. The van der Waals surface area contributed by atoms with Crippen molar-refractivity contribution < 1.29 is 22.7 Å². The normalized spacial score (nSPS) is 21.7. The molecule has 0 radical (unpaired) electrons. The molecule has 1 aromatic heterocycles. The molecule has 0 spiro atoms. The van der Waals surface area contributed by atoms with Crippen molar-refractivity contribution in [1.29, 1.82) is 5.26 Å². The Balaban J connectivity index is 1.46. The summed E-state index contributed by atoms with van der Waals surface area (Å²) in [5.74, 6) is 0.667. The lowest BCUT2D eigenvalue weighted by atomic mass is 10.0. The number of halogens is 3. The molecule has 3 atom stereocenters. The predicted octanol–water partition coefficient (Wildman–Crippen LogP) is 4.28. The van der Waals surface area contributed by atoms with Crippen molar-refractivity contribution in [2.24, 2.45) is 5.92 Å². The van der Waals surface area contributed by atoms with E-state index in [4.69, 9.17) is 14.7 Å². The van der Waals surface area contributed by atoms with Gasteiger partial charge >= 0.3 is 12.2 Å². The lowest BCUT2D eigenvalue weighted by Crippen LogP contribution is -2.55. The maximum Gasteiger partial charge on any atom is 0.418 e. The van der Waals surface area contributed by atoms with E-state index in [0.717, 1.165) is 31.0 Å². The number of aromatic nitrogens is 2. The Morgan fingerprint density at radius 1 is 1.21 bits per heavy atom. The van der Waals surface area contributed by atoms with E-state index in [9.17, 15) is 23.2 Å². The number of hydrogen-bond donors (Lipinski definition) is 0. The van der Waals surface area contributed by atoms with E-state index < -0.39 is 11.7 Å². The molecular weight excluding hydrogens is 559 g/mol. The quantitative estimate of drug-likeness (QED) is 0.417. The molecule has 3 aliphatic heterocycles. The van der Waals surface area contributed by atoms with Crippen molar-refractivity contribution in [3.8, 4) is 12.1 Å². The van der Waals surface area contributed by atoms with Crippen LogP contribution >= 0.6 is 0 Å². The van der Waals surface area contributed by atoms with Crippen molar-refractivity contribution in [2.45, 2.75) is 57.4 Å². The molecule has 0 bridgehead atoms. The monoisotopic (exact) mass is 597 g/mol. The van der Waals surface area contributed by atoms with Crippen molar-refractivity contribution in [2.75, 3.05) is 56.2 Å². The first kappa shape index (κ1) is 30.6. The summed E-state index contributed by atoms with van der Waals surface area (Å²) in [5.41, 5.74) is 0.916. The van der Waals surface area contributed by atoms with Gasteiger partial charge in [-0.1, -0.05) is 25.6 Å². The number of hydrogen-bond acceptors (Lipinski definition) is 8. The van der Waals surface area contributed by atoms with E-state index in [2.05, 4.69) is 36.4 Å². The summed E-state index contributed by atoms with van der Waals surface area (Å²) < 4.78 is 47.8. The van der Waals surface area contributed by atoms with Gasteiger partial charge < -0.3 is 24.3 Å². The van der Waals surface area contributed by atoms with Crippen molar-refractivity contribution in [3.05, 3.63) is 53.7 Å². The summed E-state index contributed by atoms with van der Waals surface area (Å²) in [6.07, 6.45) is -0.391. The smallest absolute Gasteiger partial charge is 0.418 e. The average Bonchev–Trinajstić information content (AvgIpc) is 3.44. The fourth-order valence-corrected chi connectivity index (χ4v) is 6.62. The molecule has 2 fully saturated rings. The third-order valence-corrected chi connectivity index (χ3v) is 8.85. The third-order valence-electron chi connectivity index (χ3n) is 8.85. The van der Waals surface area contributed by atoms with Crippen molar-refractivity contribution >= 4 is 17.4 Å². The number of alkyl halides is 3. The molecule has 1 amide bonds. The molecule has 2 aromatic rings. The second-order valence-electron chi connectivity index (χ2n) is 11.6. The zero-order valence-electron chi connectivity index (χ0n) is 24.7. The van der Waals surface area contributed by atoms with Crippen LogP contribution in [0, 0.1) is 17.2 Å². The highest BCUT2D eigenvalue weighted by Gasteiger charge is 2.37. The maximum absolute atomic E-state index is 13.9. The number of ether oxygens (including phenoxy) is 1. The first-order valence-corrected chi connectivity index (χ1v) is 14.8. The number of carbonyl (C=O) groups excluding carboxylic acids is 1. The topological polar surface area (TPSA) is 88.8 Å². The number of likely N-dealkylation sites (tertiary alicyclic amines) is 1. The molecule has 12 heteroatoms. The van der Waals surface area contributed by atoms with Gasteiger partial charge in [-0.05, 0) is 51.1 Å². The molecular formula is C31H38F3N7O2. The molecule has 5 rings (SSSR count). The number of amides is 1. The maximum atomic E-state index is 13.9. The predicted molar refractivity (Wildman–Crippen MR) is 157 cm³/mol. The molecule has 2 unspecified atom stereocenters. The lowest BCUT2D eigenvalue weighted by Gasteiger charge is -2.42. The molecule has 43 heavy (non-hydrogen) atoms. The third kappa shape index (κ3) is 6.56. The second kappa shape index (κ2) is 12.8. The molecule has 3 aliphatic rings. The Morgan fingerprint density at radius 2 is 2.00 bits per heavy atom. The number of nitrogens with zero attached hydrogens (tertiary/aromatic N) is 7. The van der Waals surface area contributed by atoms with Crippen LogP contribution in [0.3, 0.4) is 0 Å². The van der Waals surface area contributed by atoms with Crippen LogP contribution in [0.15, 0.2) is 36.9 Å². The minimum atomic E-state index is -4.48. The average molecular weight is 598 g/mol. The number of anilines is 2. The Bertz CT molecular complexity index is 1380. The first-order valence-electron chi connectivity index (χ1n) is 14.8. The lowest BCUT2D eigenvalue weighted by molar-refractivity contribution is -0.137. The van der Waals surface area contributed by atoms with Crippen LogP contribution in [0.25, 0.3) is 0 Å². The number of carbonyl (C=O) groups is 1. The van der Waals surface area contributed by atoms with Gasteiger partial charge in [0.25, 0.3) is 0 Å². The van der Waals surface area contributed by atoms with Gasteiger partial charge in [-0.3, -0.25) is 4.79 Å². The number of benzene rings is 1. The van der Waals surface area contributed by atoms with Gasteiger partial charge in [0.05, 0.1) is 42.9 Å². The van der Waals surface area contributed by atoms with Crippen LogP contribution < -0.4 is 14.5 Å². The summed E-state index contributed by atoms with van der Waals surface area (Å²) in [6, 6.07) is 8.02. The Morgan fingerprint density at radius 3 is 2.70 bits per heavy atom. The van der Waals surface area contributed by atoms with Crippen LogP contribution in [-0.4, -0.2) is 84.1 Å². The fourth-order valence-electron chi connectivity index (χ4n) is 6.62. The van der Waals surface area contributed by atoms with E-state index in [1.54, 1.807) is 15.9 Å². The van der Waals surface area contributed by atoms with Crippen LogP contribution in [0.4, 0.5) is 24.7 Å². The number of nitriles is 1. The van der Waals surface area contributed by atoms with Gasteiger partial charge in [0.2, 0.25) is 5.91 Å². The zero-order chi connectivity index (χ0) is 30.7. The number of fused-ring (bicyclic) bond motifs is 1. The Hall–Kier alpha value is -3.85. The first-order chi connectivity index (χ1) is 20.6. The van der Waals surface area contributed by atoms with Gasteiger partial charge in [0.1, 0.15) is 5.82 Å². The van der Waals surface area contributed by atoms with Gasteiger partial charge in [0.15, 0.2) is 0 Å². The summed E-state index contributed by atoms with van der Waals surface area (Å²) >= 11 is 0. The molecule has 0 N–H and O–H groups in total. The molecule has 2 saturated heterocycles. The van der Waals surface area contributed by atoms with Crippen LogP contribution in [0.5, 0.6) is 6.01 Å². The number of piperazine rings is 1. The highest BCUT2D eigenvalue weighted by molar-refractivity contribution is 5.87. The minimum absolute atomic E-state index is 0.117. The van der Waals surface area contributed by atoms with E-state index in [0.29, 0.717) is 56.8 Å². The van der Waals surface area contributed by atoms with E-state index in [1.807, 2.05) is 0 Å². The largest absolute Gasteiger partial charge is 0.463 e. The van der Waals surface area contributed by atoms with Gasteiger partial charge in [0, 0.05) is 49.4 Å². The Labute approximate surface area is 250 Å². The van der Waals surface area contributed by atoms with Crippen molar-refractivity contribution in [3.63, 3.8) is 0 Å². The second-order valence-corrected chi connectivity index (χ2v) is 11.6. The van der Waals surface area contributed by atoms with Crippen LogP contribution in [0.2, 0.25) is 0 Å². The summed E-state index contributed by atoms with van der Waals surface area (Å²) in [4.78, 5) is 29.8. The highest BCUT2D eigenvalue weighted by atomic mass is 19.4. The van der Waals surface area contributed by atoms with E-state index in [1.165, 1.54) is 18.2 Å². The van der Waals surface area contributed by atoms with E-state index in [-0.39, 0.29) is 42.5 Å². The SMILES string of the molecule is C=CC(=O)N1CCN(c2nc(OC[C@@H](C)C3CCCN3C)nc3c2CCN(c2ccccc2C(F)(F)F)C3)CC1CC#N. The van der Waals surface area contributed by atoms with Crippen LogP contribution in [-0.2, 0) is 23.9 Å². The molecule has 0 aliphatic carbocycles.